The van der Waals surface area contributed by atoms with Crippen molar-refractivity contribution in [2.75, 3.05) is 0 Å². The van der Waals surface area contributed by atoms with Gasteiger partial charge in [-0.05, 0) is 18.3 Å². The Kier molecular flexibility index (Phi) is 3.59. The molecule has 0 fully saturated rings. The van der Waals surface area contributed by atoms with E-state index in [1.54, 1.807) is 0 Å². The topological polar surface area (TPSA) is 0 Å². The van der Waals surface area contributed by atoms with Crippen LogP contribution in [0, 0.1) is 11.8 Å². The molecule has 0 amide bonds. The van der Waals surface area contributed by atoms with Crippen LogP contribution < -0.4 is 0 Å². The van der Waals surface area contributed by atoms with Gasteiger partial charge in [-0.25, -0.2) is 0 Å². The van der Waals surface area contributed by atoms with Crippen LogP contribution in [0.4, 0.5) is 0 Å². The van der Waals surface area contributed by atoms with E-state index >= 15 is 0 Å². The number of rotatable bonds is 3. The van der Waals surface area contributed by atoms with Crippen molar-refractivity contribution in [3.63, 3.8) is 0 Å². The van der Waals surface area contributed by atoms with Crippen LogP contribution in [0.5, 0.6) is 0 Å². The minimum absolute atomic E-state index is 0.690. The van der Waals surface area contributed by atoms with Crippen molar-refractivity contribution in [1.29, 1.82) is 0 Å². The molecule has 0 saturated heterocycles. The van der Waals surface area contributed by atoms with Crippen LogP contribution in [0.15, 0.2) is 12.7 Å². The van der Waals surface area contributed by atoms with Crippen LogP contribution in [-0.4, -0.2) is 0 Å². The van der Waals surface area contributed by atoms with Gasteiger partial charge in [-0.15, -0.1) is 6.58 Å². The number of allylic oxidation sites excluding steroid dienone is 1. The van der Waals surface area contributed by atoms with Gasteiger partial charge in [0.15, 0.2) is 0 Å². The van der Waals surface area contributed by atoms with E-state index in [0.29, 0.717) is 5.92 Å². The molecule has 8 heavy (non-hydrogen) atoms. The molecule has 0 unspecified atom stereocenters. The molecule has 0 heterocycles. The Hall–Kier alpha value is -0.260. The summed E-state index contributed by atoms with van der Waals surface area (Å²) in [7, 11) is 0. The second-order valence-electron chi connectivity index (χ2n) is 2.84. The van der Waals surface area contributed by atoms with Crippen molar-refractivity contribution in [2.24, 2.45) is 11.8 Å². The first-order chi connectivity index (χ1) is 3.66. The lowest BCUT2D eigenvalue weighted by atomic mass is 9.99. The van der Waals surface area contributed by atoms with Gasteiger partial charge in [-0.2, -0.15) is 0 Å². The molecular weight excluding hydrogens is 96.1 g/mol. The molecule has 0 aliphatic heterocycles. The summed E-state index contributed by atoms with van der Waals surface area (Å²) in [5.74, 6) is 1.50. The highest BCUT2D eigenvalue weighted by Gasteiger charge is 1.97. The van der Waals surface area contributed by atoms with E-state index in [9.17, 15) is 0 Å². The fourth-order valence-corrected chi connectivity index (χ4v) is 0.840. The zero-order chi connectivity index (χ0) is 6.57. The molecule has 0 aromatic rings. The molecule has 0 bridgehead atoms. The molecule has 0 N–H and O–H groups in total. The predicted molar refractivity (Wildman–Crippen MR) is 38.8 cm³/mol. The van der Waals surface area contributed by atoms with Crippen LogP contribution in [0.25, 0.3) is 0 Å². The first kappa shape index (κ1) is 7.74. The van der Waals surface area contributed by atoms with Crippen molar-refractivity contribution in [2.45, 2.75) is 27.2 Å². The average molecular weight is 112 g/mol. The van der Waals surface area contributed by atoms with Crippen molar-refractivity contribution in [3.8, 4) is 0 Å². The lowest BCUT2D eigenvalue weighted by molar-refractivity contribution is 0.503. The fourth-order valence-electron chi connectivity index (χ4n) is 0.840. The maximum atomic E-state index is 3.71. The number of hydrogen-bond donors (Lipinski definition) is 0. The van der Waals surface area contributed by atoms with Crippen molar-refractivity contribution < 1.29 is 0 Å². The Labute approximate surface area is 52.6 Å². The molecule has 0 aromatic carbocycles. The van der Waals surface area contributed by atoms with Gasteiger partial charge in [-0.3, -0.25) is 0 Å². The molecular formula is C8H16. The minimum Gasteiger partial charge on any atom is -0.103 e. The molecule has 0 heteroatoms. The lowest BCUT2D eigenvalue weighted by Crippen LogP contribution is -1.94. The SMILES string of the molecule is C=C[C@H](C)CC(C)C. The Morgan fingerprint density at radius 1 is 1.38 bits per heavy atom. The molecule has 0 aliphatic rings. The summed E-state index contributed by atoms with van der Waals surface area (Å²) in [6.07, 6.45) is 3.28. The summed E-state index contributed by atoms with van der Waals surface area (Å²) in [5, 5.41) is 0. The summed E-state index contributed by atoms with van der Waals surface area (Å²) < 4.78 is 0. The van der Waals surface area contributed by atoms with E-state index in [0.717, 1.165) is 5.92 Å². The van der Waals surface area contributed by atoms with Gasteiger partial charge in [0.05, 0.1) is 0 Å². The summed E-state index contributed by atoms with van der Waals surface area (Å²) in [5.41, 5.74) is 0. The Morgan fingerprint density at radius 3 is 2.00 bits per heavy atom. The molecule has 0 spiro atoms. The molecule has 1 atom stereocenters. The second-order valence-corrected chi connectivity index (χ2v) is 2.84. The third-order valence-electron chi connectivity index (χ3n) is 1.25. The van der Waals surface area contributed by atoms with E-state index in [1.807, 2.05) is 6.08 Å². The standard InChI is InChI=1S/C8H16/c1-5-8(4)6-7(2)3/h5,7-8H,1,6H2,2-4H3/t8-/m0/s1. The van der Waals surface area contributed by atoms with Crippen molar-refractivity contribution in [3.05, 3.63) is 12.7 Å². The van der Waals surface area contributed by atoms with Crippen LogP contribution in [-0.2, 0) is 0 Å². The lowest BCUT2D eigenvalue weighted by Gasteiger charge is -2.06. The zero-order valence-corrected chi connectivity index (χ0v) is 6.15. The molecule has 0 nitrogen and oxygen atoms in total. The van der Waals surface area contributed by atoms with E-state index in [2.05, 4.69) is 27.4 Å². The summed E-state index contributed by atoms with van der Waals surface area (Å²) in [6, 6.07) is 0. The highest BCUT2D eigenvalue weighted by molar-refractivity contribution is 4.75. The first-order valence-electron chi connectivity index (χ1n) is 3.29. The summed E-state index contributed by atoms with van der Waals surface area (Å²) in [6.45, 7) is 10.4. The smallest absolute Gasteiger partial charge is 0.0262 e. The Balaban J connectivity index is 3.23. The van der Waals surface area contributed by atoms with Gasteiger partial charge in [0.1, 0.15) is 0 Å². The molecule has 0 saturated carbocycles. The molecule has 0 aliphatic carbocycles. The maximum Gasteiger partial charge on any atom is -0.0262 e. The monoisotopic (exact) mass is 112 g/mol. The van der Waals surface area contributed by atoms with Gasteiger partial charge < -0.3 is 0 Å². The normalized spacial score (nSPS) is 14.0. The third kappa shape index (κ3) is 3.91. The quantitative estimate of drug-likeness (QED) is 0.492. The largest absolute Gasteiger partial charge is 0.103 e. The third-order valence-corrected chi connectivity index (χ3v) is 1.25. The Bertz CT molecular complexity index is 62.4. The molecule has 0 aromatic heterocycles. The van der Waals surface area contributed by atoms with Crippen LogP contribution in [0.1, 0.15) is 27.2 Å². The summed E-state index contributed by atoms with van der Waals surface area (Å²) in [4.78, 5) is 0. The Morgan fingerprint density at radius 2 is 1.88 bits per heavy atom. The van der Waals surface area contributed by atoms with E-state index in [1.165, 1.54) is 6.42 Å². The molecule has 48 valence electrons. The average Bonchev–Trinajstić information content (AvgIpc) is 1.65. The van der Waals surface area contributed by atoms with E-state index < -0.39 is 0 Å². The van der Waals surface area contributed by atoms with Crippen LogP contribution in [0.3, 0.4) is 0 Å². The van der Waals surface area contributed by atoms with Gasteiger partial charge in [0, 0.05) is 0 Å². The highest BCUT2D eigenvalue weighted by Crippen LogP contribution is 2.10. The van der Waals surface area contributed by atoms with E-state index in [4.69, 9.17) is 0 Å². The highest BCUT2D eigenvalue weighted by atomic mass is 14.0. The van der Waals surface area contributed by atoms with Crippen molar-refractivity contribution >= 4 is 0 Å². The number of hydrogen-bond acceptors (Lipinski definition) is 0. The van der Waals surface area contributed by atoms with Gasteiger partial charge >= 0.3 is 0 Å². The minimum atomic E-state index is 0.690. The van der Waals surface area contributed by atoms with Crippen LogP contribution >= 0.6 is 0 Å². The predicted octanol–water partition coefficient (Wildman–Crippen LogP) is 2.85. The summed E-state index contributed by atoms with van der Waals surface area (Å²) >= 11 is 0. The molecule has 0 rings (SSSR count). The van der Waals surface area contributed by atoms with Gasteiger partial charge in [0.25, 0.3) is 0 Å². The second kappa shape index (κ2) is 3.71. The molecule has 0 radical (unpaired) electrons. The zero-order valence-electron chi connectivity index (χ0n) is 6.15. The van der Waals surface area contributed by atoms with Gasteiger partial charge in [0.2, 0.25) is 0 Å². The van der Waals surface area contributed by atoms with Crippen LogP contribution in [0.2, 0.25) is 0 Å². The van der Waals surface area contributed by atoms with Crippen molar-refractivity contribution in [1.82, 2.24) is 0 Å². The first-order valence-corrected chi connectivity index (χ1v) is 3.29. The van der Waals surface area contributed by atoms with Gasteiger partial charge in [-0.1, -0.05) is 26.8 Å². The maximum absolute atomic E-state index is 3.71. The fraction of sp³-hybridized carbons (Fsp3) is 0.750. The van der Waals surface area contributed by atoms with E-state index in [-0.39, 0.29) is 0 Å².